The minimum absolute atomic E-state index is 0.155. The molecule has 0 aromatic rings. The van der Waals surface area contributed by atoms with Crippen LogP contribution in [0.4, 0.5) is 4.79 Å². The van der Waals surface area contributed by atoms with E-state index < -0.39 is 0 Å². The van der Waals surface area contributed by atoms with Gasteiger partial charge in [-0.3, -0.25) is 4.90 Å². The number of carbonyl (C=O) groups is 1. The Hall–Kier alpha value is -0.880. The van der Waals surface area contributed by atoms with Crippen LogP contribution in [0.25, 0.3) is 0 Å². The average Bonchev–Trinajstić information content (AvgIpc) is 2.51. The number of rotatable bonds is 0. The Morgan fingerprint density at radius 3 is 2.11 bits per heavy atom. The topological polar surface area (TPSA) is 58.8 Å². The number of thiocarbonyl (C=S) groups is 1. The number of hydrogen-bond donors (Lipinski definition) is 1. The summed E-state index contributed by atoms with van der Waals surface area (Å²) in [5.74, 6) is 0. The first kappa shape index (κ1) is 16.2. The molecule has 2 saturated heterocycles. The van der Waals surface area contributed by atoms with E-state index in [-0.39, 0.29) is 11.7 Å². The number of carbonyl (C=O) groups excluding carboxylic acids is 1. The number of amides is 1. The molecule has 2 bridgehead atoms. The molecule has 2 aliphatic rings. The van der Waals surface area contributed by atoms with E-state index in [2.05, 4.69) is 29.9 Å². The fourth-order valence-corrected chi connectivity index (χ4v) is 2.59. The van der Waals surface area contributed by atoms with E-state index >= 15 is 0 Å². The summed E-state index contributed by atoms with van der Waals surface area (Å²) < 4.78 is 5.41. The Morgan fingerprint density at radius 1 is 1.32 bits per heavy atom. The lowest BCUT2D eigenvalue weighted by Crippen LogP contribution is -2.54. The molecule has 1 amide bonds. The molecule has 0 aromatic carbocycles. The van der Waals surface area contributed by atoms with Crippen molar-refractivity contribution in [1.82, 2.24) is 9.80 Å². The molecule has 2 N–H and O–H groups in total. The Morgan fingerprint density at radius 2 is 1.74 bits per heavy atom. The molecule has 2 heterocycles. The number of likely N-dealkylation sites (tertiary alicyclic amines) is 1. The Labute approximate surface area is 121 Å². The van der Waals surface area contributed by atoms with Gasteiger partial charge < -0.3 is 15.4 Å². The lowest BCUT2D eigenvalue weighted by Gasteiger charge is -2.39. The predicted octanol–water partition coefficient (Wildman–Crippen LogP) is 1.60. The van der Waals surface area contributed by atoms with Crippen LogP contribution in [-0.2, 0) is 4.74 Å². The molecular weight excluding hydrogens is 262 g/mol. The van der Waals surface area contributed by atoms with Crippen LogP contribution in [0.2, 0.25) is 0 Å². The standard InChI is InChI=1S/C12H22N2O2.CH3NS/c1-12(2,3)16-11(15)14-7-9-5-6-10(8-14)13(9)4;2-1-3/h9-10H,5-8H2,1-4H3;1H,(H2,2,3). The van der Waals surface area contributed by atoms with Gasteiger partial charge in [0, 0.05) is 25.2 Å². The second kappa shape index (κ2) is 6.52. The molecule has 2 atom stereocenters. The normalized spacial score (nSPS) is 26.4. The molecule has 0 spiro atoms. The highest BCUT2D eigenvalue weighted by molar-refractivity contribution is 7.78. The number of ether oxygens (including phenoxy) is 1. The molecule has 110 valence electrons. The van der Waals surface area contributed by atoms with Crippen molar-refractivity contribution in [2.75, 3.05) is 20.1 Å². The van der Waals surface area contributed by atoms with E-state index in [1.165, 1.54) is 12.8 Å². The summed E-state index contributed by atoms with van der Waals surface area (Å²) in [6.07, 6.45) is 2.26. The van der Waals surface area contributed by atoms with E-state index in [9.17, 15) is 4.79 Å². The van der Waals surface area contributed by atoms with Crippen molar-refractivity contribution in [2.45, 2.75) is 51.3 Å². The van der Waals surface area contributed by atoms with Gasteiger partial charge in [-0.05, 0) is 40.7 Å². The number of fused-ring (bicyclic) bond motifs is 2. The monoisotopic (exact) mass is 287 g/mol. The number of hydrogen-bond acceptors (Lipinski definition) is 4. The van der Waals surface area contributed by atoms with Gasteiger partial charge in [0.25, 0.3) is 0 Å². The lowest BCUT2D eigenvalue weighted by molar-refractivity contribution is 0.00577. The first-order valence-electron chi connectivity index (χ1n) is 6.63. The van der Waals surface area contributed by atoms with Gasteiger partial charge in [-0.1, -0.05) is 12.2 Å². The molecule has 0 radical (unpaired) electrons. The lowest BCUT2D eigenvalue weighted by atomic mass is 10.2. The van der Waals surface area contributed by atoms with Crippen molar-refractivity contribution in [3.8, 4) is 0 Å². The smallest absolute Gasteiger partial charge is 0.410 e. The van der Waals surface area contributed by atoms with E-state index in [1.807, 2.05) is 25.7 Å². The minimum Gasteiger partial charge on any atom is -0.444 e. The molecule has 2 rings (SSSR count). The number of piperazine rings is 1. The first-order chi connectivity index (χ1) is 8.78. The summed E-state index contributed by atoms with van der Waals surface area (Å²) >= 11 is 4.05. The van der Waals surface area contributed by atoms with Gasteiger partial charge in [-0.15, -0.1) is 0 Å². The molecule has 0 saturated carbocycles. The quantitative estimate of drug-likeness (QED) is 0.686. The van der Waals surface area contributed by atoms with Crippen LogP contribution in [0.15, 0.2) is 0 Å². The molecule has 2 unspecified atom stereocenters. The summed E-state index contributed by atoms with van der Waals surface area (Å²) in [7, 11) is 2.16. The largest absolute Gasteiger partial charge is 0.444 e. The number of nitrogens with zero attached hydrogens (tertiary/aromatic N) is 2. The van der Waals surface area contributed by atoms with Crippen LogP contribution in [0, 0.1) is 0 Å². The summed E-state index contributed by atoms with van der Waals surface area (Å²) in [4.78, 5) is 16.2. The second-order valence-electron chi connectivity index (χ2n) is 6.07. The van der Waals surface area contributed by atoms with Gasteiger partial charge in [-0.25, -0.2) is 4.79 Å². The molecular formula is C13H25N3O2S. The predicted molar refractivity (Wildman–Crippen MR) is 80.2 cm³/mol. The first-order valence-corrected chi connectivity index (χ1v) is 7.11. The third kappa shape index (κ3) is 4.62. The fraction of sp³-hybridized carbons (Fsp3) is 0.846. The van der Waals surface area contributed by atoms with Crippen molar-refractivity contribution in [2.24, 2.45) is 5.73 Å². The zero-order chi connectivity index (χ0) is 14.6. The molecule has 2 fully saturated rings. The van der Waals surface area contributed by atoms with Crippen molar-refractivity contribution in [3.63, 3.8) is 0 Å². The maximum atomic E-state index is 11.9. The third-order valence-electron chi connectivity index (χ3n) is 3.50. The van der Waals surface area contributed by atoms with Crippen LogP contribution in [0.1, 0.15) is 33.6 Å². The summed E-state index contributed by atoms with van der Waals surface area (Å²) in [6.45, 7) is 7.38. The van der Waals surface area contributed by atoms with Gasteiger partial charge in [0.2, 0.25) is 0 Å². The summed E-state index contributed by atoms with van der Waals surface area (Å²) in [5.41, 5.74) is 5.23. The van der Waals surface area contributed by atoms with Gasteiger partial charge in [0.05, 0.1) is 5.49 Å². The Kier molecular flexibility index (Phi) is 5.55. The highest BCUT2D eigenvalue weighted by Gasteiger charge is 2.40. The third-order valence-corrected chi connectivity index (χ3v) is 3.50. The minimum atomic E-state index is -0.389. The van der Waals surface area contributed by atoms with Gasteiger partial charge in [-0.2, -0.15) is 0 Å². The van der Waals surface area contributed by atoms with Crippen LogP contribution in [0.3, 0.4) is 0 Å². The number of nitrogens with two attached hydrogens (primary N) is 1. The highest BCUT2D eigenvalue weighted by Crippen LogP contribution is 2.29. The molecule has 6 heteroatoms. The van der Waals surface area contributed by atoms with E-state index in [0.717, 1.165) is 18.6 Å². The van der Waals surface area contributed by atoms with Crippen molar-refractivity contribution < 1.29 is 9.53 Å². The van der Waals surface area contributed by atoms with Crippen LogP contribution in [0.5, 0.6) is 0 Å². The highest BCUT2D eigenvalue weighted by atomic mass is 32.1. The zero-order valence-corrected chi connectivity index (χ0v) is 13.1. The van der Waals surface area contributed by atoms with E-state index in [1.54, 1.807) is 0 Å². The van der Waals surface area contributed by atoms with Crippen molar-refractivity contribution >= 4 is 23.8 Å². The molecule has 2 aliphatic heterocycles. The Bertz CT molecular complexity index is 316. The molecule has 0 aromatic heterocycles. The molecule has 5 nitrogen and oxygen atoms in total. The molecule has 0 aliphatic carbocycles. The van der Waals surface area contributed by atoms with Gasteiger partial charge in [0.15, 0.2) is 0 Å². The van der Waals surface area contributed by atoms with Crippen LogP contribution >= 0.6 is 12.2 Å². The van der Waals surface area contributed by atoms with E-state index in [0.29, 0.717) is 12.1 Å². The van der Waals surface area contributed by atoms with Gasteiger partial charge in [0.1, 0.15) is 5.60 Å². The number of likely N-dealkylation sites (N-methyl/N-ethyl adjacent to an activating group) is 1. The maximum Gasteiger partial charge on any atom is 0.410 e. The zero-order valence-electron chi connectivity index (χ0n) is 12.3. The molecule has 19 heavy (non-hydrogen) atoms. The van der Waals surface area contributed by atoms with Crippen LogP contribution < -0.4 is 5.73 Å². The fourth-order valence-electron chi connectivity index (χ4n) is 2.59. The maximum absolute atomic E-state index is 11.9. The van der Waals surface area contributed by atoms with Crippen molar-refractivity contribution in [1.29, 1.82) is 0 Å². The van der Waals surface area contributed by atoms with Gasteiger partial charge >= 0.3 is 6.09 Å². The average molecular weight is 287 g/mol. The second-order valence-corrected chi connectivity index (χ2v) is 6.34. The SMILES string of the molecule is CN1C2CCC1CN(C(=O)OC(C)(C)C)C2.NC=S. The Balaban J connectivity index is 0.000000550. The summed E-state index contributed by atoms with van der Waals surface area (Å²) in [6, 6.07) is 1.07. The van der Waals surface area contributed by atoms with Crippen LogP contribution in [-0.4, -0.2) is 59.2 Å². The van der Waals surface area contributed by atoms with Crippen molar-refractivity contribution in [3.05, 3.63) is 0 Å². The van der Waals surface area contributed by atoms with E-state index in [4.69, 9.17) is 4.74 Å². The summed E-state index contributed by atoms with van der Waals surface area (Å²) in [5, 5.41) is 0.